The molecule has 0 bridgehead atoms. The SMILES string of the molecule is CC1CCCCN1Cc1cnc(Nc2nc3ccccc3[nH]2)s1. The van der Waals surface area contributed by atoms with Crippen molar-refractivity contribution in [1.82, 2.24) is 19.9 Å². The number of aromatic nitrogens is 3. The Balaban J connectivity index is 1.45. The topological polar surface area (TPSA) is 56.8 Å². The summed E-state index contributed by atoms with van der Waals surface area (Å²) in [5, 5.41) is 4.18. The van der Waals surface area contributed by atoms with Gasteiger partial charge in [0, 0.05) is 23.7 Å². The van der Waals surface area contributed by atoms with E-state index in [2.05, 4.69) is 32.1 Å². The highest BCUT2D eigenvalue weighted by molar-refractivity contribution is 7.15. The van der Waals surface area contributed by atoms with Gasteiger partial charge in [-0.15, -0.1) is 11.3 Å². The predicted molar refractivity (Wildman–Crippen MR) is 95.2 cm³/mol. The van der Waals surface area contributed by atoms with Crippen LogP contribution >= 0.6 is 11.3 Å². The van der Waals surface area contributed by atoms with Gasteiger partial charge in [0.25, 0.3) is 0 Å². The van der Waals surface area contributed by atoms with E-state index < -0.39 is 0 Å². The number of nitrogens with zero attached hydrogens (tertiary/aromatic N) is 3. The lowest BCUT2D eigenvalue weighted by Crippen LogP contribution is -2.36. The van der Waals surface area contributed by atoms with Gasteiger partial charge in [0.15, 0.2) is 5.13 Å². The van der Waals surface area contributed by atoms with Crippen LogP contribution in [0.5, 0.6) is 0 Å². The number of aromatic amines is 1. The Kier molecular flexibility index (Phi) is 4.01. The summed E-state index contributed by atoms with van der Waals surface area (Å²) in [4.78, 5) is 16.2. The van der Waals surface area contributed by atoms with Crippen molar-refractivity contribution in [2.24, 2.45) is 0 Å². The van der Waals surface area contributed by atoms with Gasteiger partial charge in [-0.2, -0.15) is 0 Å². The van der Waals surface area contributed by atoms with Crippen LogP contribution in [0.15, 0.2) is 30.5 Å². The molecule has 0 aliphatic carbocycles. The molecule has 0 spiro atoms. The Morgan fingerprint density at radius 3 is 3.13 bits per heavy atom. The molecule has 1 aliphatic rings. The number of thiazole rings is 1. The van der Waals surface area contributed by atoms with Crippen molar-refractivity contribution in [3.8, 4) is 0 Å². The van der Waals surface area contributed by atoms with Crippen molar-refractivity contribution in [2.45, 2.75) is 38.8 Å². The number of nitrogens with one attached hydrogen (secondary N) is 2. The number of imidazole rings is 1. The minimum absolute atomic E-state index is 0.678. The zero-order valence-electron chi connectivity index (χ0n) is 13.2. The number of benzene rings is 1. The molecule has 0 saturated carbocycles. The molecule has 1 saturated heterocycles. The summed E-state index contributed by atoms with van der Waals surface area (Å²) in [7, 11) is 0. The average Bonchev–Trinajstić information content (AvgIpc) is 3.16. The Morgan fingerprint density at radius 2 is 2.26 bits per heavy atom. The molecule has 3 aromatic rings. The lowest BCUT2D eigenvalue weighted by atomic mass is 10.0. The second kappa shape index (κ2) is 6.29. The van der Waals surface area contributed by atoms with Gasteiger partial charge in [0.2, 0.25) is 5.95 Å². The number of hydrogen-bond donors (Lipinski definition) is 2. The van der Waals surface area contributed by atoms with Crippen LogP contribution in [0.3, 0.4) is 0 Å². The molecule has 6 heteroatoms. The van der Waals surface area contributed by atoms with Crippen LogP contribution in [-0.2, 0) is 6.54 Å². The highest BCUT2D eigenvalue weighted by atomic mass is 32.1. The van der Waals surface area contributed by atoms with Gasteiger partial charge in [0.1, 0.15) is 0 Å². The zero-order valence-corrected chi connectivity index (χ0v) is 14.1. The van der Waals surface area contributed by atoms with E-state index in [1.54, 1.807) is 11.3 Å². The van der Waals surface area contributed by atoms with Gasteiger partial charge in [0.05, 0.1) is 11.0 Å². The predicted octanol–water partition coefficient (Wildman–Crippen LogP) is 4.14. The van der Waals surface area contributed by atoms with Crippen LogP contribution < -0.4 is 5.32 Å². The van der Waals surface area contributed by atoms with Crippen LogP contribution in [0.25, 0.3) is 11.0 Å². The van der Waals surface area contributed by atoms with Gasteiger partial charge in [-0.05, 0) is 38.4 Å². The lowest BCUT2D eigenvalue weighted by molar-refractivity contribution is 0.154. The number of piperidine rings is 1. The Bertz CT molecular complexity index is 760. The van der Waals surface area contributed by atoms with Gasteiger partial charge in [-0.3, -0.25) is 4.90 Å². The third-order valence-corrected chi connectivity index (χ3v) is 5.37. The first-order chi connectivity index (χ1) is 11.3. The second-order valence-electron chi connectivity index (χ2n) is 6.17. The van der Waals surface area contributed by atoms with Crippen LogP contribution in [0.1, 0.15) is 31.1 Å². The summed E-state index contributed by atoms with van der Waals surface area (Å²) in [6.07, 6.45) is 5.96. The van der Waals surface area contributed by atoms with E-state index >= 15 is 0 Å². The molecule has 1 fully saturated rings. The third-order valence-electron chi connectivity index (χ3n) is 4.47. The molecule has 0 amide bonds. The van der Waals surface area contributed by atoms with Crippen LogP contribution in [0.2, 0.25) is 0 Å². The number of fused-ring (bicyclic) bond motifs is 1. The zero-order chi connectivity index (χ0) is 15.6. The molecule has 23 heavy (non-hydrogen) atoms. The summed E-state index contributed by atoms with van der Waals surface area (Å²) in [5.74, 6) is 0.749. The first-order valence-electron chi connectivity index (χ1n) is 8.18. The Hall–Kier alpha value is -1.92. The van der Waals surface area contributed by atoms with Gasteiger partial charge in [-0.1, -0.05) is 18.6 Å². The van der Waals surface area contributed by atoms with Gasteiger partial charge >= 0.3 is 0 Å². The molecule has 1 aliphatic heterocycles. The summed E-state index contributed by atoms with van der Waals surface area (Å²) in [5.41, 5.74) is 2.00. The molecule has 1 atom stereocenters. The Morgan fingerprint density at radius 1 is 1.35 bits per heavy atom. The van der Waals surface area contributed by atoms with Crippen molar-refractivity contribution in [3.63, 3.8) is 0 Å². The number of anilines is 2. The first-order valence-corrected chi connectivity index (χ1v) is 9.00. The van der Waals surface area contributed by atoms with E-state index in [-0.39, 0.29) is 0 Å². The average molecular weight is 327 g/mol. The number of rotatable bonds is 4. The molecule has 1 unspecified atom stereocenters. The van der Waals surface area contributed by atoms with Crippen LogP contribution in [0.4, 0.5) is 11.1 Å². The summed E-state index contributed by atoms with van der Waals surface area (Å²) < 4.78 is 0. The number of hydrogen-bond acceptors (Lipinski definition) is 5. The standard InChI is InChI=1S/C17H21N5S/c1-12-6-4-5-9-22(12)11-13-10-18-17(23-13)21-16-19-14-7-2-3-8-15(14)20-16/h2-3,7-8,10,12H,4-6,9,11H2,1H3,(H2,18,19,20,21). The maximum absolute atomic E-state index is 4.53. The van der Waals surface area contributed by atoms with Crippen molar-refractivity contribution < 1.29 is 0 Å². The van der Waals surface area contributed by atoms with Gasteiger partial charge < -0.3 is 10.3 Å². The normalized spacial score (nSPS) is 19.3. The maximum Gasteiger partial charge on any atom is 0.207 e. The molecular weight excluding hydrogens is 306 g/mol. The minimum Gasteiger partial charge on any atom is -0.324 e. The van der Waals surface area contributed by atoms with Crippen molar-refractivity contribution >= 4 is 33.5 Å². The monoisotopic (exact) mass is 327 g/mol. The molecule has 120 valence electrons. The molecule has 2 aromatic heterocycles. The number of H-pyrrole nitrogens is 1. The molecule has 4 rings (SSSR count). The van der Waals surface area contributed by atoms with E-state index in [1.165, 1.54) is 30.7 Å². The smallest absolute Gasteiger partial charge is 0.207 e. The molecule has 2 N–H and O–H groups in total. The van der Waals surface area contributed by atoms with Gasteiger partial charge in [-0.25, -0.2) is 9.97 Å². The number of para-hydroxylation sites is 2. The fourth-order valence-corrected chi connectivity index (χ4v) is 3.98. The van der Waals surface area contributed by atoms with E-state index in [0.29, 0.717) is 6.04 Å². The Labute approximate surface area is 139 Å². The third kappa shape index (κ3) is 3.23. The summed E-state index contributed by atoms with van der Waals surface area (Å²) in [6.45, 7) is 4.53. The van der Waals surface area contributed by atoms with E-state index in [9.17, 15) is 0 Å². The van der Waals surface area contributed by atoms with E-state index in [4.69, 9.17) is 0 Å². The summed E-state index contributed by atoms with van der Waals surface area (Å²) >= 11 is 1.71. The summed E-state index contributed by atoms with van der Waals surface area (Å²) in [6, 6.07) is 8.71. The lowest BCUT2D eigenvalue weighted by Gasteiger charge is -2.32. The maximum atomic E-state index is 4.53. The highest BCUT2D eigenvalue weighted by Crippen LogP contribution is 2.26. The van der Waals surface area contributed by atoms with Crippen LogP contribution in [0, 0.1) is 0 Å². The minimum atomic E-state index is 0.678. The van der Waals surface area contributed by atoms with Crippen LogP contribution in [-0.4, -0.2) is 32.4 Å². The van der Waals surface area contributed by atoms with E-state index in [0.717, 1.165) is 28.7 Å². The number of likely N-dealkylation sites (tertiary alicyclic amines) is 1. The molecular formula is C17H21N5S. The first kappa shape index (κ1) is 14.7. The molecule has 3 heterocycles. The largest absolute Gasteiger partial charge is 0.324 e. The fraction of sp³-hybridized carbons (Fsp3) is 0.412. The molecule has 5 nitrogen and oxygen atoms in total. The fourth-order valence-electron chi connectivity index (χ4n) is 3.14. The van der Waals surface area contributed by atoms with Crippen molar-refractivity contribution in [3.05, 3.63) is 35.3 Å². The molecule has 0 radical (unpaired) electrons. The highest BCUT2D eigenvalue weighted by Gasteiger charge is 2.19. The second-order valence-corrected chi connectivity index (χ2v) is 7.29. The van der Waals surface area contributed by atoms with E-state index in [1.807, 2.05) is 30.5 Å². The van der Waals surface area contributed by atoms with Crippen molar-refractivity contribution in [2.75, 3.05) is 11.9 Å². The molecule has 1 aromatic carbocycles. The quantitative estimate of drug-likeness (QED) is 0.756. The van der Waals surface area contributed by atoms with Crippen molar-refractivity contribution in [1.29, 1.82) is 0 Å².